The fourth-order valence-corrected chi connectivity index (χ4v) is 4.50. The zero-order valence-electron chi connectivity index (χ0n) is 22.3. The molecule has 1 aromatic heterocycles. The van der Waals surface area contributed by atoms with Crippen LogP contribution in [0.4, 0.5) is 16.3 Å². The number of ether oxygens (including phenoxy) is 2. The lowest BCUT2D eigenvalue weighted by Gasteiger charge is -2.36. The Morgan fingerprint density at radius 3 is 2.63 bits per heavy atom. The van der Waals surface area contributed by atoms with E-state index in [0.717, 1.165) is 34.8 Å². The summed E-state index contributed by atoms with van der Waals surface area (Å²) < 4.78 is 11.6. The van der Waals surface area contributed by atoms with Crippen LogP contribution in [0.2, 0.25) is 0 Å². The average Bonchev–Trinajstić information content (AvgIpc) is 2.93. The van der Waals surface area contributed by atoms with Gasteiger partial charge in [0.2, 0.25) is 0 Å². The lowest BCUT2D eigenvalue weighted by Crippen LogP contribution is -2.45. The number of nitrogens with zero attached hydrogens (tertiary/aromatic N) is 3. The molecule has 0 saturated carbocycles. The Kier molecular flexibility index (Phi) is 9.51. The van der Waals surface area contributed by atoms with Crippen LogP contribution in [0.25, 0.3) is 11.4 Å². The number of amides is 2. The van der Waals surface area contributed by atoms with Crippen LogP contribution in [-0.4, -0.2) is 60.1 Å². The molecule has 9 heteroatoms. The van der Waals surface area contributed by atoms with E-state index in [9.17, 15) is 9.90 Å². The number of anilines is 2. The fraction of sp³-hybridized carbons (Fsp3) is 0.414. The molecule has 1 aliphatic rings. The van der Waals surface area contributed by atoms with Gasteiger partial charge in [0.25, 0.3) is 0 Å². The zero-order chi connectivity index (χ0) is 26.9. The quantitative estimate of drug-likeness (QED) is 0.360. The molecule has 38 heavy (non-hydrogen) atoms. The van der Waals surface area contributed by atoms with Gasteiger partial charge < -0.3 is 30.1 Å². The third-order valence-corrected chi connectivity index (χ3v) is 6.58. The Hall–Kier alpha value is -3.69. The Bertz CT molecular complexity index is 1190. The molecule has 0 unspecified atom stereocenters. The van der Waals surface area contributed by atoms with Crippen molar-refractivity contribution in [1.29, 1.82) is 0 Å². The minimum Gasteiger partial charge on any atom is -0.494 e. The van der Waals surface area contributed by atoms with Gasteiger partial charge in [-0.3, -0.25) is 0 Å². The van der Waals surface area contributed by atoms with Gasteiger partial charge in [-0.1, -0.05) is 25.1 Å². The number of nitrogens with one attached hydrogen (secondary N) is 2. The number of para-hydroxylation sites is 1. The van der Waals surface area contributed by atoms with Crippen LogP contribution in [0.1, 0.15) is 44.4 Å². The predicted molar refractivity (Wildman–Crippen MR) is 149 cm³/mol. The second-order valence-electron chi connectivity index (χ2n) is 9.42. The van der Waals surface area contributed by atoms with E-state index in [1.165, 1.54) is 0 Å². The van der Waals surface area contributed by atoms with Crippen LogP contribution in [0.3, 0.4) is 0 Å². The number of hydrogen-bond donors (Lipinski definition) is 3. The van der Waals surface area contributed by atoms with Crippen molar-refractivity contribution in [2.45, 2.75) is 45.8 Å². The molecule has 2 atom stereocenters. The number of aliphatic hydroxyl groups excluding tert-OH is 1. The SMILES string of the molecule is CCNC(=O)Nc1ccc(-c2nc([C@H](C)CCOc3ccccc3)c(CO)c(N3CCOC[C@@H]3C)n2)cc1. The predicted octanol–water partition coefficient (Wildman–Crippen LogP) is 4.58. The molecular weight excluding hydrogens is 482 g/mol. The van der Waals surface area contributed by atoms with Gasteiger partial charge in [-0.15, -0.1) is 0 Å². The summed E-state index contributed by atoms with van der Waals surface area (Å²) in [5.41, 5.74) is 3.06. The van der Waals surface area contributed by atoms with Gasteiger partial charge in [-0.2, -0.15) is 0 Å². The standard InChI is InChI=1S/C29H37N5O4/c1-4-30-29(36)31-23-12-10-22(11-13-23)27-32-26(20(2)14-16-38-24-8-6-5-7-9-24)25(18-35)28(33-27)34-15-17-37-19-21(34)3/h5-13,20-21,35H,4,14-19H2,1-3H3,(H2,30,31,36)/t20-,21+/m1/s1. The van der Waals surface area contributed by atoms with Crippen LogP contribution >= 0.6 is 0 Å². The maximum Gasteiger partial charge on any atom is 0.319 e. The second kappa shape index (κ2) is 13.2. The summed E-state index contributed by atoms with van der Waals surface area (Å²) in [4.78, 5) is 24.0. The lowest BCUT2D eigenvalue weighted by molar-refractivity contribution is 0.0982. The summed E-state index contributed by atoms with van der Waals surface area (Å²) in [5, 5.41) is 16.0. The van der Waals surface area contributed by atoms with Gasteiger partial charge >= 0.3 is 6.03 Å². The van der Waals surface area contributed by atoms with Gasteiger partial charge in [0, 0.05) is 35.8 Å². The molecule has 2 heterocycles. The number of urea groups is 1. The maximum atomic E-state index is 11.9. The number of aromatic nitrogens is 2. The number of benzene rings is 2. The number of hydrogen-bond acceptors (Lipinski definition) is 7. The lowest BCUT2D eigenvalue weighted by atomic mass is 9.98. The smallest absolute Gasteiger partial charge is 0.319 e. The highest BCUT2D eigenvalue weighted by molar-refractivity contribution is 5.89. The largest absolute Gasteiger partial charge is 0.494 e. The second-order valence-corrected chi connectivity index (χ2v) is 9.42. The molecule has 9 nitrogen and oxygen atoms in total. The van der Waals surface area contributed by atoms with E-state index in [1.54, 1.807) is 0 Å². The van der Waals surface area contributed by atoms with Crippen molar-refractivity contribution in [2.24, 2.45) is 0 Å². The van der Waals surface area contributed by atoms with Gasteiger partial charge in [-0.05, 0) is 56.7 Å². The van der Waals surface area contributed by atoms with Crippen molar-refractivity contribution >= 4 is 17.5 Å². The molecule has 3 aromatic rings. The third kappa shape index (κ3) is 6.79. The monoisotopic (exact) mass is 519 g/mol. The van der Waals surface area contributed by atoms with E-state index >= 15 is 0 Å². The highest BCUT2D eigenvalue weighted by Crippen LogP contribution is 2.33. The molecule has 2 amide bonds. The normalized spacial score (nSPS) is 16.1. The Labute approximate surface area is 224 Å². The molecular formula is C29H37N5O4. The minimum absolute atomic E-state index is 0.0244. The van der Waals surface area contributed by atoms with Gasteiger partial charge in [-0.25, -0.2) is 14.8 Å². The van der Waals surface area contributed by atoms with Crippen molar-refractivity contribution < 1.29 is 19.4 Å². The molecule has 1 fully saturated rings. The van der Waals surface area contributed by atoms with Gasteiger partial charge in [0.05, 0.1) is 38.2 Å². The van der Waals surface area contributed by atoms with Crippen molar-refractivity contribution in [3.05, 3.63) is 65.9 Å². The fourth-order valence-electron chi connectivity index (χ4n) is 4.50. The minimum atomic E-state index is -0.249. The number of morpholine rings is 1. The first kappa shape index (κ1) is 27.3. The topological polar surface area (TPSA) is 109 Å². The number of aliphatic hydroxyl groups is 1. The molecule has 2 aromatic carbocycles. The van der Waals surface area contributed by atoms with E-state index in [1.807, 2.05) is 61.5 Å². The van der Waals surface area contributed by atoms with E-state index in [2.05, 4.69) is 29.4 Å². The van der Waals surface area contributed by atoms with Gasteiger partial charge in [0.1, 0.15) is 11.6 Å². The van der Waals surface area contributed by atoms with Crippen LogP contribution < -0.4 is 20.3 Å². The molecule has 4 rings (SSSR count). The van der Waals surface area contributed by atoms with Crippen molar-refractivity contribution in [2.75, 3.05) is 43.1 Å². The summed E-state index contributed by atoms with van der Waals surface area (Å²) in [6.45, 7) is 8.87. The molecule has 0 aliphatic carbocycles. The van der Waals surface area contributed by atoms with Crippen LogP contribution in [0.15, 0.2) is 54.6 Å². The summed E-state index contributed by atoms with van der Waals surface area (Å²) in [6.07, 6.45) is 0.728. The van der Waals surface area contributed by atoms with Crippen molar-refractivity contribution in [3.63, 3.8) is 0 Å². The number of rotatable bonds is 10. The van der Waals surface area contributed by atoms with E-state index < -0.39 is 0 Å². The third-order valence-electron chi connectivity index (χ3n) is 6.58. The molecule has 0 bridgehead atoms. The molecule has 0 spiro atoms. The van der Waals surface area contributed by atoms with E-state index in [-0.39, 0.29) is 24.6 Å². The first-order valence-corrected chi connectivity index (χ1v) is 13.2. The summed E-state index contributed by atoms with van der Waals surface area (Å²) in [5.74, 6) is 2.17. The number of carbonyl (C=O) groups excluding carboxylic acids is 1. The molecule has 3 N–H and O–H groups in total. The molecule has 202 valence electrons. The highest BCUT2D eigenvalue weighted by atomic mass is 16.5. The van der Waals surface area contributed by atoms with Crippen LogP contribution in [0.5, 0.6) is 5.75 Å². The summed E-state index contributed by atoms with van der Waals surface area (Å²) >= 11 is 0. The number of carbonyl (C=O) groups is 1. The average molecular weight is 520 g/mol. The zero-order valence-corrected chi connectivity index (χ0v) is 22.3. The molecule has 1 aliphatic heterocycles. The van der Waals surface area contributed by atoms with Crippen molar-refractivity contribution in [1.82, 2.24) is 15.3 Å². The summed E-state index contributed by atoms with van der Waals surface area (Å²) in [6, 6.07) is 17.1. The first-order chi connectivity index (χ1) is 18.5. The summed E-state index contributed by atoms with van der Waals surface area (Å²) in [7, 11) is 0. The molecule has 1 saturated heterocycles. The van der Waals surface area contributed by atoms with E-state index in [0.29, 0.717) is 44.4 Å². The van der Waals surface area contributed by atoms with Crippen LogP contribution in [0, 0.1) is 0 Å². The van der Waals surface area contributed by atoms with Crippen LogP contribution in [-0.2, 0) is 11.3 Å². The first-order valence-electron chi connectivity index (χ1n) is 13.2. The highest BCUT2D eigenvalue weighted by Gasteiger charge is 2.27. The van der Waals surface area contributed by atoms with Crippen molar-refractivity contribution in [3.8, 4) is 17.1 Å². The maximum absolute atomic E-state index is 11.9. The molecule has 0 radical (unpaired) electrons. The Morgan fingerprint density at radius 2 is 1.95 bits per heavy atom. The van der Waals surface area contributed by atoms with E-state index in [4.69, 9.17) is 19.4 Å². The Balaban J connectivity index is 1.64. The van der Waals surface area contributed by atoms with Gasteiger partial charge in [0.15, 0.2) is 5.82 Å². The Morgan fingerprint density at radius 1 is 1.18 bits per heavy atom.